The number of hydrogen-bond acceptors (Lipinski definition) is 6. The summed E-state index contributed by atoms with van der Waals surface area (Å²) in [5, 5.41) is 0. The minimum absolute atomic E-state index is 0.160. The van der Waals surface area contributed by atoms with Crippen LogP contribution in [0.1, 0.15) is 53.4 Å². The fourth-order valence-electron chi connectivity index (χ4n) is 4.90. The van der Waals surface area contributed by atoms with Crippen molar-refractivity contribution >= 4 is 18.1 Å². The molecule has 2 aromatic carbocycles. The number of aryl methyl sites for hydroxylation is 3. The highest BCUT2D eigenvalue weighted by molar-refractivity contribution is 5.76. The van der Waals surface area contributed by atoms with Crippen LogP contribution in [0.25, 0.3) is 12.2 Å². The fourth-order valence-corrected chi connectivity index (χ4v) is 4.90. The Kier molecular flexibility index (Phi) is 10.5. The molecule has 0 saturated carbocycles. The summed E-state index contributed by atoms with van der Waals surface area (Å²) < 4.78 is 56.9. The van der Waals surface area contributed by atoms with Crippen LogP contribution in [0.15, 0.2) is 71.6 Å². The molecule has 1 aliphatic heterocycles. The first-order chi connectivity index (χ1) is 21.3. The zero-order chi connectivity index (χ0) is 30.8. The number of unbranched alkanes of at least 4 members (excludes halogenated alkanes) is 1. The second kappa shape index (κ2) is 14.9. The van der Waals surface area contributed by atoms with Gasteiger partial charge >= 0.3 is 6.18 Å². The minimum Gasteiger partial charge on any atom is -0.487 e. The third-order valence-electron chi connectivity index (χ3n) is 7.38. The molecule has 1 fully saturated rings. The predicted octanol–water partition coefficient (Wildman–Crippen LogP) is 6.45. The van der Waals surface area contributed by atoms with Crippen LogP contribution < -0.4 is 4.74 Å². The average Bonchev–Trinajstić information content (AvgIpc) is 3.70. The summed E-state index contributed by atoms with van der Waals surface area (Å²) >= 11 is 0. The third-order valence-corrected chi connectivity index (χ3v) is 7.38. The lowest BCUT2D eigenvalue weighted by atomic mass is 10.1. The quantitative estimate of drug-likeness (QED) is 0.162. The Labute approximate surface area is 254 Å². The number of ether oxygens (including phenoxy) is 2. The fraction of sp³-hybridized carbons (Fsp3) is 0.364. The monoisotopic (exact) mass is 608 g/mol. The van der Waals surface area contributed by atoms with Gasteiger partial charge in [0.15, 0.2) is 0 Å². The van der Waals surface area contributed by atoms with Crippen molar-refractivity contribution in [3.63, 3.8) is 0 Å². The summed E-state index contributed by atoms with van der Waals surface area (Å²) in [6, 6.07) is 12.8. The number of nitrogens with zero attached hydrogens (tertiary/aromatic N) is 4. The number of alkyl halides is 3. The standard InChI is InChI=1S/C33H35F3N4O4/c34-33(35,36)27-9-4-26(5-10-27)8-14-31-38-28(24-44-31)23-43-29-11-6-25(7-12-29)3-1-2-17-39-18-16-37-30(39)13-15-32(41)40-19-21-42-22-20-40/h4-12,14,16,18,24H,1-3,13,15,17,19-23H2/b14-8+. The summed E-state index contributed by atoms with van der Waals surface area (Å²) in [5.74, 6) is 2.16. The van der Waals surface area contributed by atoms with Crippen LogP contribution >= 0.6 is 0 Å². The minimum atomic E-state index is -4.36. The number of morpholine rings is 1. The van der Waals surface area contributed by atoms with Crippen LogP contribution in [-0.2, 0) is 41.7 Å². The zero-order valence-electron chi connectivity index (χ0n) is 24.3. The van der Waals surface area contributed by atoms with Crippen LogP contribution in [0.5, 0.6) is 5.75 Å². The van der Waals surface area contributed by atoms with Gasteiger partial charge in [-0.25, -0.2) is 9.97 Å². The van der Waals surface area contributed by atoms with Crippen molar-refractivity contribution in [1.82, 2.24) is 19.4 Å². The molecule has 0 spiro atoms. The van der Waals surface area contributed by atoms with Gasteiger partial charge in [-0.05, 0) is 60.7 Å². The molecule has 3 heterocycles. The summed E-state index contributed by atoms with van der Waals surface area (Å²) in [4.78, 5) is 23.1. The molecule has 1 saturated heterocycles. The Morgan fingerprint density at radius 2 is 1.75 bits per heavy atom. The summed E-state index contributed by atoms with van der Waals surface area (Å²) in [6.45, 7) is 3.64. The van der Waals surface area contributed by atoms with Gasteiger partial charge in [0.1, 0.15) is 30.1 Å². The van der Waals surface area contributed by atoms with Gasteiger partial charge in [-0.2, -0.15) is 13.2 Å². The summed E-state index contributed by atoms with van der Waals surface area (Å²) in [6.07, 6.45) is 8.22. The Hall–Kier alpha value is -4.38. The lowest BCUT2D eigenvalue weighted by molar-refractivity contribution is -0.137. The van der Waals surface area contributed by atoms with E-state index >= 15 is 0 Å². The lowest BCUT2D eigenvalue weighted by Gasteiger charge is -2.26. The van der Waals surface area contributed by atoms with Crippen LogP contribution in [0.2, 0.25) is 0 Å². The van der Waals surface area contributed by atoms with E-state index in [4.69, 9.17) is 13.9 Å². The smallest absolute Gasteiger partial charge is 0.416 e. The third kappa shape index (κ3) is 9.06. The molecule has 8 nitrogen and oxygen atoms in total. The van der Waals surface area contributed by atoms with E-state index in [1.807, 2.05) is 23.2 Å². The van der Waals surface area contributed by atoms with Gasteiger partial charge in [-0.1, -0.05) is 24.3 Å². The molecular weight excluding hydrogens is 573 g/mol. The Morgan fingerprint density at radius 1 is 0.977 bits per heavy atom. The largest absolute Gasteiger partial charge is 0.487 e. The molecular formula is C33H35F3N4O4. The molecule has 1 amide bonds. The Bertz CT molecular complexity index is 1510. The van der Waals surface area contributed by atoms with Crippen LogP contribution in [0.3, 0.4) is 0 Å². The van der Waals surface area contributed by atoms with Crippen LogP contribution in [0, 0.1) is 0 Å². The highest BCUT2D eigenvalue weighted by Crippen LogP contribution is 2.29. The maximum absolute atomic E-state index is 12.7. The number of imidazole rings is 1. The molecule has 44 heavy (non-hydrogen) atoms. The molecule has 0 atom stereocenters. The maximum Gasteiger partial charge on any atom is 0.416 e. The first-order valence-corrected chi connectivity index (χ1v) is 14.7. The van der Waals surface area contributed by atoms with E-state index < -0.39 is 11.7 Å². The summed E-state index contributed by atoms with van der Waals surface area (Å²) in [7, 11) is 0. The van der Waals surface area contributed by atoms with Crippen molar-refractivity contribution in [2.75, 3.05) is 26.3 Å². The molecule has 0 aliphatic carbocycles. The first kappa shape index (κ1) is 31.1. The van der Waals surface area contributed by atoms with Crippen molar-refractivity contribution in [2.24, 2.45) is 0 Å². The molecule has 0 bridgehead atoms. The number of rotatable bonds is 13. The normalized spacial score (nSPS) is 13.9. The van der Waals surface area contributed by atoms with E-state index in [1.54, 1.807) is 18.3 Å². The molecule has 0 radical (unpaired) electrons. The number of hydrogen-bond donors (Lipinski definition) is 0. The SMILES string of the molecule is O=C(CCc1nccn1CCCCc1ccc(OCc2coc(/C=C/c3ccc(C(F)(F)F)cc3)n2)cc1)N1CCOCC1. The Balaban J connectivity index is 1.00. The topological polar surface area (TPSA) is 82.6 Å². The number of carbonyl (C=O) groups excluding carboxylic acids is 1. The summed E-state index contributed by atoms with van der Waals surface area (Å²) in [5.41, 5.74) is 1.74. The van der Waals surface area contributed by atoms with E-state index in [2.05, 4.69) is 26.7 Å². The van der Waals surface area contributed by atoms with Crippen molar-refractivity contribution in [3.05, 3.63) is 101 Å². The molecule has 0 unspecified atom stereocenters. The number of amides is 1. The van der Waals surface area contributed by atoms with Gasteiger partial charge in [-0.3, -0.25) is 4.79 Å². The highest BCUT2D eigenvalue weighted by atomic mass is 19.4. The van der Waals surface area contributed by atoms with Crippen molar-refractivity contribution < 1.29 is 31.9 Å². The highest BCUT2D eigenvalue weighted by Gasteiger charge is 2.29. The molecule has 1 aliphatic rings. The van der Waals surface area contributed by atoms with Crippen molar-refractivity contribution in [1.29, 1.82) is 0 Å². The number of benzene rings is 2. The zero-order valence-corrected chi connectivity index (χ0v) is 24.3. The molecule has 0 N–H and O–H groups in total. The van der Waals surface area contributed by atoms with Gasteiger partial charge in [0.2, 0.25) is 11.8 Å². The van der Waals surface area contributed by atoms with E-state index in [0.29, 0.717) is 62.0 Å². The van der Waals surface area contributed by atoms with Gasteiger partial charge in [0.05, 0.1) is 18.8 Å². The second-order valence-electron chi connectivity index (χ2n) is 10.5. The van der Waals surface area contributed by atoms with E-state index in [-0.39, 0.29) is 12.5 Å². The van der Waals surface area contributed by atoms with Gasteiger partial charge in [0, 0.05) is 50.9 Å². The predicted molar refractivity (Wildman–Crippen MR) is 159 cm³/mol. The number of halogens is 3. The maximum atomic E-state index is 12.7. The van der Waals surface area contributed by atoms with Gasteiger partial charge in [0.25, 0.3) is 0 Å². The second-order valence-corrected chi connectivity index (χ2v) is 10.5. The number of aromatic nitrogens is 3. The molecule has 2 aromatic heterocycles. The van der Waals surface area contributed by atoms with E-state index in [1.165, 1.54) is 24.0 Å². The average molecular weight is 609 g/mol. The van der Waals surface area contributed by atoms with Gasteiger partial charge in [-0.15, -0.1) is 0 Å². The first-order valence-electron chi connectivity index (χ1n) is 14.7. The number of oxazole rings is 1. The Morgan fingerprint density at radius 3 is 2.50 bits per heavy atom. The van der Waals surface area contributed by atoms with Crippen molar-refractivity contribution in [3.8, 4) is 5.75 Å². The van der Waals surface area contributed by atoms with Crippen LogP contribution in [0.4, 0.5) is 13.2 Å². The molecule has 5 rings (SSSR count). The van der Waals surface area contributed by atoms with E-state index in [0.717, 1.165) is 43.8 Å². The van der Waals surface area contributed by atoms with Gasteiger partial charge < -0.3 is 23.4 Å². The van der Waals surface area contributed by atoms with Crippen LogP contribution in [-0.4, -0.2) is 51.6 Å². The molecule has 232 valence electrons. The van der Waals surface area contributed by atoms with E-state index in [9.17, 15) is 18.0 Å². The molecule has 4 aromatic rings. The van der Waals surface area contributed by atoms with Crippen molar-refractivity contribution in [2.45, 2.75) is 51.4 Å². The lowest BCUT2D eigenvalue weighted by Crippen LogP contribution is -2.40. The number of carbonyl (C=O) groups is 1. The molecule has 11 heteroatoms.